The van der Waals surface area contributed by atoms with Gasteiger partial charge in [-0.25, -0.2) is 13.2 Å². The maximum absolute atomic E-state index is 12.7. The van der Waals surface area contributed by atoms with Crippen LogP contribution in [0.1, 0.15) is 0 Å². The number of rotatable bonds is 4. The Kier molecular flexibility index (Phi) is 4.26. The summed E-state index contributed by atoms with van der Waals surface area (Å²) in [5.41, 5.74) is 1.20. The van der Waals surface area contributed by atoms with Crippen molar-refractivity contribution in [2.45, 2.75) is 4.90 Å². The van der Waals surface area contributed by atoms with Crippen LogP contribution in [0.5, 0.6) is 5.75 Å². The standard InChI is InChI=1S/C16H16ClN3O4S/c1-19-12-8-11(14(24-3)9-13(12)20(2)16(19)21)18-25(22,23)15-7-5-4-6-10(15)17/h4-9,18H,1-3H3. The Bertz CT molecular complexity index is 1130. The zero-order chi connectivity index (χ0) is 18.4. The van der Waals surface area contributed by atoms with Gasteiger partial charge in [-0.05, 0) is 18.2 Å². The number of methoxy groups -OCH3 is 1. The van der Waals surface area contributed by atoms with Crippen molar-refractivity contribution in [1.29, 1.82) is 0 Å². The first-order valence-corrected chi connectivity index (χ1v) is 9.13. The molecule has 0 saturated heterocycles. The van der Waals surface area contributed by atoms with Gasteiger partial charge in [-0.1, -0.05) is 23.7 Å². The van der Waals surface area contributed by atoms with E-state index in [0.29, 0.717) is 16.8 Å². The minimum atomic E-state index is -3.92. The molecule has 0 aliphatic heterocycles. The molecular weight excluding hydrogens is 366 g/mol. The fourth-order valence-corrected chi connectivity index (χ4v) is 4.22. The molecular formula is C16H16ClN3O4S. The Morgan fingerprint density at radius 1 is 1.08 bits per heavy atom. The lowest BCUT2D eigenvalue weighted by Crippen LogP contribution is -2.19. The van der Waals surface area contributed by atoms with Gasteiger partial charge in [-0.3, -0.25) is 13.9 Å². The van der Waals surface area contributed by atoms with Crippen LogP contribution in [0.25, 0.3) is 11.0 Å². The van der Waals surface area contributed by atoms with E-state index in [1.54, 1.807) is 38.4 Å². The van der Waals surface area contributed by atoms with Crippen molar-refractivity contribution in [2.24, 2.45) is 14.1 Å². The fourth-order valence-electron chi connectivity index (χ4n) is 2.64. The summed E-state index contributed by atoms with van der Waals surface area (Å²) in [5, 5.41) is 0.113. The number of benzene rings is 2. The van der Waals surface area contributed by atoms with E-state index in [-0.39, 0.29) is 21.3 Å². The van der Waals surface area contributed by atoms with Crippen molar-refractivity contribution < 1.29 is 13.2 Å². The number of ether oxygens (including phenoxy) is 1. The predicted octanol–water partition coefficient (Wildman–Crippen LogP) is 2.34. The summed E-state index contributed by atoms with van der Waals surface area (Å²) in [5.74, 6) is 0.296. The average molecular weight is 382 g/mol. The Balaban J connectivity index is 2.17. The highest BCUT2D eigenvalue weighted by Gasteiger charge is 2.21. The molecule has 3 aromatic rings. The Morgan fingerprint density at radius 3 is 2.28 bits per heavy atom. The predicted molar refractivity (Wildman–Crippen MR) is 97.0 cm³/mol. The maximum Gasteiger partial charge on any atom is 0.328 e. The lowest BCUT2D eigenvalue weighted by molar-refractivity contribution is 0.417. The molecule has 25 heavy (non-hydrogen) atoms. The van der Waals surface area contributed by atoms with Gasteiger partial charge < -0.3 is 4.74 Å². The molecule has 9 heteroatoms. The first kappa shape index (κ1) is 17.4. The Labute approximate surface area is 149 Å². The van der Waals surface area contributed by atoms with Crippen molar-refractivity contribution in [3.05, 3.63) is 51.9 Å². The quantitative estimate of drug-likeness (QED) is 0.752. The molecule has 1 aromatic heterocycles. The first-order valence-electron chi connectivity index (χ1n) is 7.27. The van der Waals surface area contributed by atoms with Crippen molar-refractivity contribution in [3.8, 4) is 5.75 Å². The molecule has 0 unspecified atom stereocenters. The normalized spacial score (nSPS) is 11.7. The number of imidazole rings is 1. The molecule has 7 nitrogen and oxygen atoms in total. The van der Waals surface area contributed by atoms with Gasteiger partial charge >= 0.3 is 5.69 Å². The summed E-state index contributed by atoms with van der Waals surface area (Å²) >= 11 is 5.99. The molecule has 0 radical (unpaired) electrons. The van der Waals surface area contributed by atoms with Gasteiger partial charge in [0.1, 0.15) is 10.6 Å². The average Bonchev–Trinajstić information content (AvgIpc) is 2.78. The molecule has 0 saturated carbocycles. The topological polar surface area (TPSA) is 82.3 Å². The van der Waals surface area contributed by atoms with Gasteiger partial charge in [-0.2, -0.15) is 0 Å². The second-order valence-electron chi connectivity index (χ2n) is 5.48. The highest BCUT2D eigenvalue weighted by Crippen LogP contribution is 2.32. The Morgan fingerprint density at radius 2 is 1.68 bits per heavy atom. The fraction of sp³-hybridized carbons (Fsp3) is 0.188. The number of aryl methyl sites for hydroxylation is 2. The third-order valence-electron chi connectivity index (χ3n) is 3.96. The lowest BCUT2D eigenvalue weighted by atomic mass is 10.2. The van der Waals surface area contributed by atoms with E-state index in [0.717, 1.165) is 0 Å². The van der Waals surface area contributed by atoms with Gasteiger partial charge in [0, 0.05) is 20.2 Å². The molecule has 0 bridgehead atoms. The highest BCUT2D eigenvalue weighted by molar-refractivity contribution is 7.92. The summed E-state index contributed by atoms with van der Waals surface area (Å²) in [7, 11) is 0.760. The van der Waals surface area contributed by atoms with Crippen LogP contribution in [0, 0.1) is 0 Å². The van der Waals surface area contributed by atoms with Crippen LogP contribution in [-0.4, -0.2) is 24.7 Å². The van der Waals surface area contributed by atoms with Crippen LogP contribution in [-0.2, 0) is 24.1 Å². The number of hydrogen-bond acceptors (Lipinski definition) is 4. The van der Waals surface area contributed by atoms with E-state index in [1.807, 2.05) is 0 Å². The summed E-state index contributed by atoms with van der Waals surface area (Å²) in [4.78, 5) is 12.0. The molecule has 132 valence electrons. The monoisotopic (exact) mass is 381 g/mol. The third-order valence-corrected chi connectivity index (χ3v) is 5.83. The number of anilines is 1. The molecule has 1 heterocycles. The summed E-state index contributed by atoms with van der Waals surface area (Å²) in [6, 6.07) is 9.31. The van der Waals surface area contributed by atoms with E-state index < -0.39 is 10.0 Å². The molecule has 0 atom stereocenters. The number of nitrogens with zero attached hydrogens (tertiary/aromatic N) is 2. The smallest absolute Gasteiger partial charge is 0.328 e. The number of hydrogen-bond donors (Lipinski definition) is 1. The number of nitrogens with one attached hydrogen (secondary N) is 1. The molecule has 2 aromatic carbocycles. The van der Waals surface area contributed by atoms with Gasteiger partial charge in [0.2, 0.25) is 0 Å². The minimum absolute atomic E-state index is 0.0410. The second kappa shape index (κ2) is 6.12. The first-order chi connectivity index (χ1) is 11.8. The molecule has 0 spiro atoms. The van der Waals surface area contributed by atoms with E-state index >= 15 is 0 Å². The van der Waals surface area contributed by atoms with E-state index in [1.165, 1.54) is 28.4 Å². The summed E-state index contributed by atoms with van der Waals surface area (Å²) in [6.07, 6.45) is 0. The van der Waals surface area contributed by atoms with Crippen LogP contribution in [0.2, 0.25) is 5.02 Å². The molecule has 0 aliphatic carbocycles. The second-order valence-corrected chi connectivity index (χ2v) is 7.54. The molecule has 0 fully saturated rings. The molecule has 3 rings (SSSR count). The van der Waals surface area contributed by atoms with Gasteiger partial charge in [0.25, 0.3) is 10.0 Å². The summed E-state index contributed by atoms with van der Waals surface area (Å²) in [6.45, 7) is 0. The van der Waals surface area contributed by atoms with Crippen molar-refractivity contribution in [1.82, 2.24) is 9.13 Å². The van der Waals surface area contributed by atoms with E-state index in [4.69, 9.17) is 16.3 Å². The minimum Gasteiger partial charge on any atom is -0.494 e. The third kappa shape index (κ3) is 2.87. The van der Waals surface area contributed by atoms with Gasteiger partial charge in [0.05, 0.1) is 28.9 Å². The maximum atomic E-state index is 12.7. The summed E-state index contributed by atoms with van der Waals surface area (Å²) < 4.78 is 36.0. The molecule has 0 aliphatic rings. The van der Waals surface area contributed by atoms with Gasteiger partial charge in [0.15, 0.2) is 0 Å². The van der Waals surface area contributed by atoms with E-state index in [9.17, 15) is 13.2 Å². The zero-order valence-corrected chi connectivity index (χ0v) is 15.4. The van der Waals surface area contributed by atoms with Crippen molar-refractivity contribution in [3.63, 3.8) is 0 Å². The number of sulfonamides is 1. The Hall–Kier alpha value is -2.45. The van der Waals surface area contributed by atoms with E-state index in [2.05, 4.69) is 4.72 Å². The number of halogens is 1. The van der Waals surface area contributed by atoms with Crippen molar-refractivity contribution >= 4 is 38.3 Å². The SMILES string of the molecule is COc1cc2c(cc1NS(=O)(=O)c1ccccc1Cl)n(C)c(=O)n2C. The van der Waals surface area contributed by atoms with Crippen LogP contribution < -0.4 is 15.1 Å². The lowest BCUT2D eigenvalue weighted by Gasteiger charge is -2.13. The van der Waals surface area contributed by atoms with Gasteiger partial charge in [-0.15, -0.1) is 0 Å². The van der Waals surface area contributed by atoms with Crippen LogP contribution in [0.3, 0.4) is 0 Å². The largest absolute Gasteiger partial charge is 0.494 e. The molecule has 1 N–H and O–H groups in total. The van der Waals surface area contributed by atoms with Crippen LogP contribution in [0.15, 0.2) is 46.1 Å². The van der Waals surface area contributed by atoms with Crippen LogP contribution in [0.4, 0.5) is 5.69 Å². The molecule has 0 amide bonds. The number of aromatic nitrogens is 2. The van der Waals surface area contributed by atoms with Crippen molar-refractivity contribution in [2.75, 3.05) is 11.8 Å². The highest BCUT2D eigenvalue weighted by atomic mass is 35.5. The number of fused-ring (bicyclic) bond motifs is 1. The zero-order valence-electron chi connectivity index (χ0n) is 13.8. The van der Waals surface area contributed by atoms with Crippen LogP contribution >= 0.6 is 11.6 Å².